The molecule has 86 valence electrons. The Hall–Kier alpha value is -2.09. The molecule has 0 amide bonds. The van der Waals surface area contributed by atoms with Crippen molar-refractivity contribution in [2.24, 2.45) is 0 Å². The molecule has 0 aromatic heterocycles. The quantitative estimate of drug-likeness (QED) is 0.746. The predicted molar refractivity (Wildman–Crippen MR) is 70.0 cm³/mol. The fourth-order valence-electron chi connectivity index (χ4n) is 1.73. The standard InChI is InChI=1S/C15H14O2/c1-3-11-5-6-13-10-14(15(16)17-4-2)8-7-12(13)9-11/h3,5-10H,1,4H2,2H3. The Labute approximate surface area is 101 Å². The Morgan fingerprint density at radius 3 is 2.65 bits per heavy atom. The van der Waals surface area contributed by atoms with E-state index in [-0.39, 0.29) is 5.97 Å². The van der Waals surface area contributed by atoms with E-state index >= 15 is 0 Å². The third kappa shape index (κ3) is 2.36. The molecule has 2 aromatic carbocycles. The second-order valence-corrected chi connectivity index (χ2v) is 3.75. The molecule has 2 heteroatoms. The van der Waals surface area contributed by atoms with Crippen LogP contribution in [0.4, 0.5) is 0 Å². The van der Waals surface area contributed by atoms with Crippen LogP contribution in [-0.2, 0) is 4.74 Å². The third-order valence-corrected chi connectivity index (χ3v) is 2.61. The van der Waals surface area contributed by atoms with Gasteiger partial charge in [-0.05, 0) is 41.5 Å². The summed E-state index contributed by atoms with van der Waals surface area (Å²) in [7, 11) is 0. The number of ether oxygens (including phenoxy) is 1. The number of carbonyl (C=O) groups is 1. The minimum absolute atomic E-state index is 0.276. The lowest BCUT2D eigenvalue weighted by Crippen LogP contribution is -2.04. The number of hydrogen-bond donors (Lipinski definition) is 0. The zero-order chi connectivity index (χ0) is 12.3. The van der Waals surface area contributed by atoms with Gasteiger partial charge < -0.3 is 4.74 Å². The van der Waals surface area contributed by atoms with Gasteiger partial charge in [-0.3, -0.25) is 0 Å². The molecule has 0 spiro atoms. The minimum atomic E-state index is -0.276. The summed E-state index contributed by atoms with van der Waals surface area (Å²) in [5.74, 6) is -0.276. The zero-order valence-electron chi connectivity index (χ0n) is 9.77. The van der Waals surface area contributed by atoms with Gasteiger partial charge in [0, 0.05) is 0 Å². The largest absolute Gasteiger partial charge is 0.462 e. The number of fused-ring (bicyclic) bond motifs is 1. The molecule has 0 aliphatic rings. The molecule has 0 unspecified atom stereocenters. The molecule has 0 bridgehead atoms. The highest BCUT2D eigenvalue weighted by Crippen LogP contribution is 2.19. The van der Waals surface area contributed by atoms with Crippen LogP contribution >= 0.6 is 0 Å². The maximum absolute atomic E-state index is 11.6. The highest BCUT2D eigenvalue weighted by atomic mass is 16.5. The van der Waals surface area contributed by atoms with Gasteiger partial charge >= 0.3 is 5.97 Å². The lowest BCUT2D eigenvalue weighted by atomic mass is 10.0. The van der Waals surface area contributed by atoms with Crippen molar-refractivity contribution in [1.29, 1.82) is 0 Å². The van der Waals surface area contributed by atoms with Crippen molar-refractivity contribution in [3.05, 3.63) is 54.1 Å². The Morgan fingerprint density at radius 2 is 1.94 bits per heavy atom. The summed E-state index contributed by atoms with van der Waals surface area (Å²) in [6.45, 7) is 5.93. The van der Waals surface area contributed by atoms with Crippen LogP contribution in [0.2, 0.25) is 0 Å². The van der Waals surface area contributed by atoms with Crippen LogP contribution in [0.3, 0.4) is 0 Å². The summed E-state index contributed by atoms with van der Waals surface area (Å²) in [5, 5.41) is 2.12. The summed E-state index contributed by atoms with van der Waals surface area (Å²) in [6.07, 6.45) is 1.80. The Kier molecular flexibility index (Phi) is 3.24. The summed E-state index contributed by atoms with van der Waals surface area (Å²) >= 11 is 0. The molecule has 0 radical (unpaired) electrons. The number of carbonyl (C=O) groups excluding carboxylic acids is 1. The molecule has 0 atom stereocenters. The first-order valence-corrected chi connectivity index (χ1v) is 5.58. The molecule has 0 aliphatic heterocycles. The van der Waals surface area contributed by atoms with Crippen molar-refractivity contribution >= 4 is 22.8 Å². The first kappa shape index (κ1) is 11.4. The van der Waals surface area contributed by atoms with Crippen molar-refractivity contribution in [3.63, 3.8) is 0 Å². The summed E-state index contributed by atoms with van der Waals surface area (Å²) in [5.41, 5.74) is 1.66. The highest BCUT2D eigenvalue weighted by Gasteiger charge is 2.06. The first-order chi connectivity index (χ1) is 8.24. The molecule has 0 aliphatic carbocycles. The molecule has 0 saturated heterocycles. The van der Waals surface area contributed by atoms with E-state index < -0.39 is 0 Å². The molecule has 2 aromatic rings. The van der Waals surface area contributed by atoms with Crippen molar-refractivity contribution in [1.82, 2.24) is 0 Å². The van der Waals surface area contributed by atoms with E-state index in [2.05, 4.69) is 6.58 Å². The summed E-state index contributed by atoms with van der Waals surface area (Å²) < 4.78 is 4.97. The van der Waals surface area contributed by atoms with E-state index in [1.807, 2.05) is 30.3 Å². The zero-order valence-corrected chi connectivity index (χ0v) is 9.77. The molecule has 0 saturated carbocycles. The summed E-state index contributed by atoms with van der Waals surface area (Å²) in [4.78, 5) is 11.6. The molecule has 2 rings (SSSR count). The Morgan fingerprint density at radius 1 is 1.24 bits per heavy atom. The molecule has 2 nitrogen and oxygen atoms in total. The van der Waals surface area contributed by atoms with Gasteiger partial charge in [-0.2, -0.15) is 0 Å². The SMILES string of the molecule is C=Cc1ccc2cc(C(=O)OCC)ccc2c1. The van der Waals surface area contributed by atoms with Crippen LogP contribution < -0.4 is 0 Å². The Bertz CT molecular complexity index is 570. The predicted octanol–water partition coefficient (Wildman–Crippen LogP) is 3.66. The van der Waals surface area contributed by atoms with Gasteiger partial charge in [-0.15, -0.1) is 0 Å². The fraction of sp³-hybridized carbons (Fsp3) is 0.133. The van der Waals surface area contributed by atoms with Gasteiger partial charge in [0.25, 0.3) is 0 Å². The maximum Gasteiger partial charge on any atom is 0.338 e. The second-order valence-electron chi connectivity index (χ2n) is 3.75. The van der Waals surface area contributed by atoms with Crippen molar-refractivity contribution in [3.8, 4) is 0 Å². The monoisotopic (exact) mass is 226 g/mol. The topological polar surface area (TPSA) is 26.3 Å². The number of benzene rings is 2. The van der Waals surface area contributed by atoms with Crippen molar-refractivity contribution < 1.29 is 9.53 Å². The van der Waals surface area contributed by atoms with E-state index in [0.29, 0.717) is 12.2 Å². The van der Waals surface area contributed by atoms with Crippen LogP contribution in [0.15, 0.2) is 43.0 Å². The van der Waals surface area contributed by atoms with Crippen LogP contribution in [0.25, 0.3) is 16.8 Å². The van der Waals surface area contributed by atoms with Crippen LogP contribution in [-0.4, -0.2) is 12.6 Å². The molecular weight excluding hydrogens is 212 g/mol. The third-order valence-electron chi connectivity index (χ3n) is 2.61. The lowest BCUT2D eigenvalue weighted by Gasteiger charge is -2.04. The average Bonchev–Trinajstić information content (AvgIpc) is 2.37. The number of rotatable bonds is 3. The van der Waals surface area contributed by atoms with Gasteiger partial charge in [0.15, 0.2) is 0 Å². The van der Waals surface area contributed by atoms with Crippen LogP contribution in [0, 0.1) is 0 Å². The van der Waals surface area contributed by atoms with Crippen molar-refractivity contribution in [2.45, 2.75) is 6.92 Å². The molecule has 17 heavy (non-hydrogen) atoms. The van der Waals surface area contributed by atoms with Gasteiger partial charge in [0.2, 0.25) is 0 Å². The van der Waals surface area contributed by atoms with Crippen molar-refractivity contribution in [2.75, 3.05) is 6.61 Å². The van der Waals surface area contributed by atoms with Gasteiger partial charge in [-0.1, -0.05) is 30.9 Å². The first-order valence-electron chi connectivity index (χ1n) is 5.58. The number of esters is 1. The van der Waals surface area contributed by atoms with E-state index in [0.717, 1.165) is 16.3 Å². The average molecular weight is 226 g/mol. The minimum Gasteiger partial charge on any atom is -0.462 e. The van der Waals surface area contributed by atoms with E-state index in [1.165, 1.54) is 0 Å². The lowest BCUT2D eigenvalue weighted by molar-refractivity contribution is 0.0526. The van der Waals surface area contributed by atoms with Gasteiger partial charge in [0.1, 0.15) is 0 Å². The maximum atomic E-state index is 11.6. The Balaban J connectivity index is 2.44. The van der Waals surface area contributed by atoms with Crippen LogP contribution in [0.5, 0.6) is 0 Å². The molecular formula is C15H14O2. The second kappa shape index (κ2) is 4.83. The van der Waals surface area contributed by atoms with E-state index in [4.69, 9.17) is 4.74 Å². The highest BCUT2D eigenvalue weighted by molar-refractivity contribution is 5.95. The normalized spacial score (nSPS) is 10.2. The smallest absolute Gasteiger partial charge is 0.338 e. The molecule has 0 N–H and O–H groups in total. The van der Waals surface area contributed by atoms with E-state index in [1.54, 1.807) is 19.1 Å². The van der Waals surface area contributed by atoms with Gasteiger partial charge in [-0.25, -0.2) is 4.79 Å². The van der Waals surface area contributed by atoms with Gasteiger partial charge in [0.05, 0.1) is 12.2 Å². The summed E-state index contributed by atoms with van der Waals surface area (Å²) in [6, 6.07) is 11.6. The molecule has 0 fully saturated rings. The van der Waals surface area contributed by atoms with Crippen LogP contribution in [0.1, 0.15) is 22.8 Å². The number of hydrogen-bond acceptors (Lipinski definition) is 2. The fourth-order valence-corrected chi connectivity index (χ4v) is 1.73. The van der Waals surface area contributed by atoms with E-state index in [9.17, 15) is 4.79 Å². The molecule has 0 heterocycles.